The minimum Gasteiger partial charge on any atom is -0.355 e. The van der Waals surface area contributed by atoms with Gasteiger partial charge in [0.2, 0.25) is 0 Å². The van der Waals surface area contributed by atoms with Gasteiger partial charge in [0.15, 0.2) is 5.78 Å². The third-order valence-electron chi connectivity index (χ3n) is 5.99. The quantitative estimate of drug-likeness (QED) is 0.354. The third-order valence-corrected chi connectivity index (χ3v) is 5.99. The van der Waals surface area contributed by atoms with Crippen LogP contribution in [0.1, 0.15) is 38.3 Å². The van der Waals surface area contributed by atoms with Crippen molar-refractivity contribution in [2.45, 2.75) is 26.7 Å². The van der Waals surface area contributed by atoms with Crippen molar-refractivity contribution in [2.24, 2.45) is 0 Å². The van der Waals surface area contributed by atoms with Crippen LogP contribution in [0.2, 0.25) is 0 Å². The SMILES string of the molecule is Cc1cccc(C(=O)Cc2ccc(C)c(Nc3cc(-c4ccncc4)nc4c3C=CC4)c2)c1. The molecule has 4 nitrogen and oxygen atoms in total. The summed E-state index contributed by atoms with van der Waals surface area (Å²) < 4.78 is 0. The molecular weight excluding hydrogens is 406 g/mol. The third kappa shape index (κ3) is 4.46. The molecule has 0 bridgehead atoms. The molecule has 0 atom stereocenters. The van der Waals surface area contributed by atoms with Crippen molar-refractivity contribution in [3.8, 4) is 11.3 Å². The topological polar surface area (TPSA) is 54.9 Å². The Morgan fingerprint density at radius 2 is 1.82 bits per heavy atom. The van der Waals surface area contributed by atoms with Crippen LogP contribution < -0.4 is 5.32 Å². The number of hydrogen-bond donors (Lipinski definition) is 1. The van der Waals surface area contributed by atoms with E-state index in [1.165, 1.54) is 0 Å². The van der Waals surface area contributed by atoms with Gasteiger partial charge in [-0.25, -0.2) is 0 Å². The molecule has 0 saturated heterocycles. The van der Waals surface area contributed by atoms with Gasteiger partial charge >= 0.3 is 0 Å². The van der Waals surface area contributed by atoms with Crippen molar-refractivity contribution in [2.75, 3.05) is 5.32 Å². The van der Waals surface area contributed by atoms with E-state index in [0.29, 0.717) is 6.42 Å². The Hall–Kier alpha value is -4.05. The van der Waals surface area contributed by atoms with Gasteiger partial charge in [-0.1, -0.05) is 48.0 Å². The van der Waals surface area contributed by atoms with E-state index in [-0.39, 0.29) is 5.78 Å². The lowest BCUT2D eigenvalue weighted by molar-refractivity contribution is 0.0993. The number of aromatic nitrogens is 2. The lowest BCUT2D eigenvalue weighted by atomic mass is 10.00. The lowest BCUT2D eigenvalue weighted by Crippen LogP contribution is -2.05. The van der Waals surface area contributed by atoms with Gasteiger partial charge in [-0.3, -0.25) is 14.8 Å². The molecule has 1 N–H and O–H groups in total. The van der Waals surface area contributed by atoms with Gasteiger partial charge in [0.05, 0.1) is 11.4 Å². The van der Waals surface area contributed by atoms with Gasteiger partial charge in [0.1, 0.15) is 0 Å². The van der Waals surface area contributed by atoms with Crippen molar-refractivity contribution < 1.29 is 4.79 Å². The molecule has 2 aromatic heterocycles. The molecule has 0 unspecified atom stereocenters. The van der Waals surface area contributed by atoms with E-state index in [4.69, 9.17) is 4.98 Å². The number of pyridine rings is 2. The van der Waals surface area contributed by atoms with Crippen LogP contribution in [0.4, 0.5) is 11.4 Å². The number of hydrogen-bond acceptors (Lipinski definition) is 4. The second-order valence-corrected chi connectivity index (χ2v) is 8.50. The van der Waals surface area contributed by atoms with Crippen LogP contribution >= 0.6 is 0 Å². The summed E-state index contributed by atoms with van der Waals surface area (Å²) in [6.45, 7) is 4.09. The number of carbonyl (C=O) groups excluding carboxylic acids is 1. The molecule has 1 aliphatic rings. The van der Waals surface area contributed by atoms with Gasteiger partial charge in [-0.05, 0) is 55.3 Å². The highest BCUT2D eigenvalue weighted by atomic mass is 16.1. The molecule has 162 valence electrons. The first-order valence-electron chi connectivity index (χ1n) is 11.1. The summed E-state index contributed by atoms with van der Waals surface area (Å²) in [5.74, 6) is 0.126. The molecule has 33 heavy (non-hydrogen) atoms. The Balaban J connectivity index is 1.45. The maximum absolute atomic E-state index is 12.8. The van der Waals surface area contributed by atoms with Crippen molar-refractivity contribution in [3.05, 3.63) is 113 Å². The zero-order chi connectivity index (χ0) is 22.8. The Labute approximate surface area is 194 Å². The fourth-order valence-corrected chi connectivity index (χ4v) is 4.18. The molecule has 0 radical (unpaired) electrons. The minimum atomic E-state index is 0.126. The Morgan fingerprint density at radius 1 is 0.970 bits per heavy atom. The second-order valence-electron chi connectivity index (χ2n) is 8.50. The maximum Gasteiger partial charge on any atom is 0.167 e. The van der Waals surface area contributed by atoms with Crippen molar-refractivity contribution >= 4 is 23.2 Å². The number of nitrogens with one attached hydrogen (secondary N) is 1. The molecule has 4 aromatic rings. The van der Waals surface area contributed by atoms with E-state index in [1.54, 1.807) is 12.4 Å². The number of carbonyl (C=O) groups is 1. The highest BCUT2D eigenvalue weighted by Gasteiger charge is 2.16. The largest absolute Gasteiger partial charge is 0.355 e. The molecule has 0 spiro atoms. The summed E-state index contributed by atoms with van der Waals surface area (Å²) in [7, 11) is 0. The van der Waals surface area contributed by atoms with Gasteiger partial charge in [-0.15, -0.1) is 0 Å². The zero-order valence-corrected chi connectivity index (χ0v) is 18.8. The summed E-state index contributed by atoms with van der Waals surface area (Å²) in [6.07, 6.45) is 9.04. The monoisotopic (exact) mass is 431 g/mol. The van der Waals surface area contributed by atoms with Gasteiger partial charge in [-0.2, -0.15) is 0 Å². The molecule has 2 aromatic carbocycles. The second kappa shape index (κ2) is 8.83. The van der Waals surface area contributed by atoms with Gasteiger partial charge < -0.3 is 5.32 Å². The molecule has 4 heteroatoms. The number of allylic oxidation sites excluding steroid dienone is 1. The number of anilines is 2. The molecule has 5 rings (SSSR count). The van der Waals surface area contributed by atoms with E-state index in [0.717, 1.165) is 62.6 Å². The highest BCUT2D eigenvalue weighted by Crippen LogP contribution is 2.33. The number of fused-ring (bicyclic) bond motifs is 1. The summed E-state index contributed by atoms with van der Waals surface area (Å²) in [4.78, 5) is 21.8. The first-order chi connectivity index (χ1) is 16.1. The Bertz CT molecular complexity index is 1370. The molecule has 1 aliphatic carbocycles. The number of rotatable bonds is 6. The Morgan fingerprint density at radius 3 is 2.64 bits per heavy atom. The molecule has 0 saturated carbocycles. The first kappa shape index (κ1) is 20.8. The molecule has 0 fully saturated rings. The Kier molecular flexibility index (Phi) is 5.57. The van der Waals surface area contributed by atoms with Crippen molar-refractivity contribution in [3.63, 3.8) is 0 Å². The van der Waals surface area contributed by atoms with Crippen molar-refractivity contribution in [1.29, 1.82) is 0 Å². The molecule has 0 aliphatic heterocycles. The van der Waals surface area contributed by atoms with Gasteiger partial charge in [0.25, 0.3) is 0 Å². The predicted octanol–water partition coefficient (Wildman–Crippen LogP) is 6.50. The number of ketones is 1. The molecule has 0 amide bonds. The van der Waals surface area contributed by atoms with Gasteiger partial charge in [0, 0.05) is 53.3 Å². The van der Waals surface area contributed by atoms with E-state index in [9.17, 15) is 4.79 Å². The number of Topliss-reactive ketones (excluding diaryl/α,β-unsaturated/α-hetero) is 1. The smallest absolute Gasteiger partial charge is 0.167 e. The number of benzene rings is 2. The standard InChI is InChI=1S/C29H25N3O/c1-19-5-3-6-23(15-19)29(33)17-21-10-9-20(2)26(16-21)32-28-18-27(22-11-13-30-14-12-22)31-25-8-4-7-24(25)28/h3-7,9-16,18H,8,17H2,1-2H3,(H,31,32). The van der Waals surface area contributed by atoms with Crippen LogP contribution in [-0.4, -0.2) is 15.8 Å². The number of nitrogens with zero attached hydrogens (tertiary/aromatic N) is 2. The summed E-state index contributed by atoms with van der Waals surface area (Å²) in [6, 6.07) is 20.0. The van der Waals surface area contributed by atoms with E-state index in [1.807, 2.05) is 49.4 Å². The normalized spacial score (nSPS) is 11.9. The minimum absolute atomic E-state index is 0.126. The van der Waals surface area contributed by atoms with E-state index in [2.05, 4.69) is 47.6 Å². The predicted molar refractivity (Wildman–Crippen MR) is 134 cm³/mol. The molecule has 2 heterocycles. The summed E-state index contributed by atoms with van der Waals surface area (Å²) in [5.41, 5.74) is 10.1. The fraction of sp³-hybridized carbons (Fsp3) is 0.138. The first-order valence-corrected chi connectivity index (χ1v) is 11.1. The molecular formula is C29H25N3O. The van der Waals surface area contributed by atoms with E-state index < -0.39 is 0 Å². The van der Waals surface area contributed by atoms with Crippen LogP contribution in [0.15, 0.2) is 79.1 Å². The fourth-order valence-electron chi connectivity index (χ4n) is 4.18. The van der Waals surface area contributed by atoms with Crippen LogP contribution in [0, 0.1) is 13.8 Å². The zero-order valence-electron chi connectivity index (χ0n) is 18.8. The van der Waals surface area contributed by atoms with Crippen LogP contribution in [0.5, 0.6) is 0 Å². The lowest BCUT2D eigenvalue weighted by Gasteiger charge is -2.16. The van der Waals surface area contributed by atoms with E-state index >= 15 is 0 Å². The van der Waals surface area contributed by atoms with Crippen LogP contribution in [-0.2, 0) is 12.8 Å². The maximum atomic E-state index is 12.8. The average Bonchev–Trinajstić information content (AvgIpc) is 3.31. The van der Waals surface area contributed by atoms with Crippen molar-refractivity contribution in [1.82, 2.24) is 9.97 Å². The summed E-state index contributed by atoms with van der Waals surface area (Å²) >= 11 is 0. The number of aryl methyl sites for hydroxylation is 2. The highest BCUT2D eigenvalue weighted by molar-refractivity contribution is 5.97. The van der Waals surface area contributed by atoms with Crippen LogP contribution in [0.25, 0.3) is 17.3 Å². The average molecular weight is 432 g/mol. The van der Waals surface area contributed by atoms with Crippen LogP contribution in [0.3, 0.4) is 0 Å². The summed E-state index contributed by atoms with van der Waals surface area (Å²) in [5, 5.41) is 3.63.